The molecule has 1 heterocycles. The van der Waals surface area contributed by atoms with Crippen LogP contribution in [-0.4, -0.2) is 15.0 Å². The van der Waals surface area contributed by atoms with E-state index in [1.54, 1.807) is 0 Å². The zero-order valence-corrected chi connectivity index (χ0v) is 14.4. The Hall–Kier alpha value is -1.97. The van der Waals surface area contributed by atoms with Crippen LogP contribution < -0.4 is 5.32 Å². The van der Waals surface area contributed by atoms with Crippen molar-refractivity contribution in [2.24, 2.45) is 0 Å². The van der Waals surface area contributed by atoms with Crippen molar-refractivity contribution in [3.63, 3.8) is 0 Å². The van der Waals surface area contributed by atoms with Gasteiger partial charge in [0.05, 0.1) is 6.04 Å². The molecule has 0 amide bonds. The fourth-order valence-corrected chi connectivity index (χ4v) is 2.38. The molecule has 0 aliphatic rings. The van der Waals surface area contributed by atoms with Gasteiger partial charge in [-0.25, -0.2) is 4.98 Å². The van der Waals surface area contributed by atoms with Gasteiger partial charge in [-0.15, -0.1) is 0 Å². The maximum atomic E-state index is 4.55. The summed E-state index contributed by atoms with van der Waals surface area (Å²) in [5, 5.41) is 3.47. The van der Waals surface area contributed by atoms with Crippen molar-refractivity contribution in [2.75, 3.05) is 5.32 Å². The first-order valence-electron chi connectivity index (χ1n) is 7.97. The normalized spacial score (nSPS) is 12.5. The lowest BCUT2D eigenvalue weighted by Crippen LogP contribution is -2.15. The Bertz CT molecular complexity index is 650. The minimum atomic E-state index is 0.209. The number of hydrogen-bond acceptors (Lipinski definition) is 4. The van der Waals surface area contributed by atoms with E-state index < -0.39 is 0 Å². The van der Waals surface area contributed by atoms with E-state index in [-0.39, 0.29) is 6.04 Å². The molecule has 0 saturated heterocycles. The molecule has 1 unspecified atom stereocenters. The molecule has 1 aromatic carbocycles. The van der Waals surface area contributed by atoms with Gasteiger partial charge in [-0.2, -0.15) is 9.97 Å². The van der Waals surface area contributed by atoms with Gasteiger partial charge in [0, 0.05) is 5.92 Å². The Morgan fingerprint density at radius 2 is 1.73 bits per heavy atom. The first kappa shape index (κ1) is 16.4. The average molecular weight is 298 g/mol. The maximum absolute atomic E-state index is 4.55. The summed E-state index contributed by atoms with van der Waals surface area (Å²) in [6.45, 7) is 12.6. The summed E-state index contributed by atoms with van der Waals surface area (Å²) >= 11 is 0. The molecule has 0 bridgehead atoms. The van der Waals surface area contributed by atoms with Gasteiger partial charge < -0.3 is 5.32 Å². The maximum Gasteiger partial charge on any atom is 0.226 e. The SMILES string of the molecule is CCC(Nc1nc(C)nc(C(C)C)n1)c1ccc(C)c(C)c1. The van der Waals surface area contributed by atoms with Crippen molar-refractivity contribution in [1.29, 1.82) is 0 Å². The van der Waals surface area contributed by atoms with E-state index in [9.17, 15) is 0 Å². The van der Waals surface area contributed by atoms with Crippen LogP contribution in [0.25, 0.3) is 0 Å². The van der Waals surface area contributed by atoms with Crippen molar-refractivity contribution in [3.8, 4) is 0 Å². The number of anilines is 1. The first-order chi connectivity index (χ1) is 10.4. The number of nitrogens with zero attached hydrogens (tertiary/aromatic N) is 3. The molecule has 22 heavy (non-hydrogen) atoms. The molecule has 118 valence electrons. The summed E-state index contributed by atoms with van der Waals surface area (Å²) in [6.07, 6.45) is 0.976. The van der Waals surface area contributed by atoms with Crippen molar-refractivity contribution in [3.05, 3.63) is 46.5 Å². The fourth-order valence-electron chi connectivity index (χ4n) is 2.38. The van der Waals surface area contributed by atoms with Crippen LogP contribution in [0, 0.1) is 20.8 Å². The highest BCUT2D eigenvalue weighted by atomic mass is 15.2. The largest absolute Gasteiger partial charge is 0.347 e. The third kappa shape index (κ3) is 3.81. The molecule has 1 aromatic heterocycles. The van der Waals surface area contributed by atoms with Gasteiger partial charge >= 0.3 is 0 Å². The number of hydrogen-bond donors (Lipinski definition) is 1. The number of aryl methyl sites for hydroxylation is 3. The van der Waals surface area contributed by atoms with E-state index in [4.69, 9.17) is 0 Å². The summed E-state index contributed by atoms with van der Waals surface area (Å²) in [5.41, 5.74) is 3.90. The number of rotatable bonds is 5. The van der Waals surface area contributed by atoms with E-state index >= 15 is 0 Å². The third-order valence-corrected chi connectivity index (χ3v) is 3.93. The predicted molar refractivity (Wildman–Crippen MR) is 91.2 cm³/mol. The van der Waals surface area contributed by atoms with Gasteiger partial charge in [-0.1, -0.05) is 39.0 Å². The average Bonchev–Trinajstić information content (AvgIpc) is 2.47. The molecular formula is C18H26N4. The molecular weight excluding hydrogens is 272 g/mol. The van der Waals surface area contributed by atoms with Gasteiger partial charge in [0.1, 0.15) is 11.6 Å². The Morgan fingerprint density at radius 1 is 1.00 bits per heavy atom. The van der Waals surface area contributed by atoms with Crippen LogP contribution in [0.5, 0.6) is 0 Å². The van der Waals surface area contributed by atoms with Gasteiger partial charge in [-0.05, 0) is 43.9 Å². The lowest BCUT2D eigenvalue weighted by molar-refractivity contribution is 0.710. The van der Waals surface area contributed by atoms with Crippen LogP contribution in [0.4, 0.5) is 5.95 Å². The van der Waals surface area contributed by atoms with E-state index in [0.29, 0.717) is 11.9 Å². The smallest absolute Gasteiger partial charge is 0.226 e. The molecule has 0 radical (unpaired) electrons. The summed E-state index contributed by atoms with van der Waals surface area (Å²) in [6, 6.07) is 6.81. The third-order valence-electron chi connectivity index (χ3n) is 3.93. The molecule has 4 nitrogen and oxygen atoms in total. The Morgan fingerprint density at radius 3 is 2.32 bits per heavy atom. The van der Waals surface area contributed by atoms with Crippen LogP contribution in [0.3, 0.4) is 0 Å². The second-order valence-corrected chi connectivity index (χ2v) is 6.17. The topological polar surface area (TPSA) is 50.7 Å². The van der Waals surface area contributed by atoms with E-state index in [1.807, 2.05) is 6.92 Å². The highest BCUT2D eigenvalue weighted by molar-refractivity contribution is 5.36. The van der Waals surface area contributed by atoms with Gasteiger partial charge in [0.25, 0.3) is 0 Å². The van der Waals surface area contributed by atoms with Crippen LogP contribution in [-0.2, 0) is 0 Å². The molecule has 0 aliphatic heterocycles. The number of nitrogens with one attached hydrogen (secondary N) is 1. The minimum Gasteiger partial charge on any atom is -0.347 e. The van der Waals surface area contributed by atoms with Crippen LogP contribution in [0.2, 0.25) is 0 Å². The van der Waals surface area contributed by atoms with Crippen molar-refractivity contribution < 1.29 is 0 Å². The molecule has 4 heteroatoms. The van der Waals surface area contributed by atoms with Crippen LogP contribution in [0.1, 0.15) is 67.5 Å². The van der Waals surface area contributed by atoms with Crippen LogP contribution >= 0.6 is 0 Å². The van der Waals surface area contributed by atoms with Crippen molar-refractivity contribution in [1.82, 2.24) is 15.0 Å². The predicted octanol–water partition coefficient (Wildman–Crippen LogP) is 4.48. The Kier molecular flexibility index (Phi) is 5.11. The fraction of sp³-hybridized carbons (Fsp3) is 0.500. The van der Waals surface area contributed by atoms with E-state index in [2.05, 4.69) is 73.1 Å². The number of aromatic nitrogens is 3. The van der Waals surface area contributed by atoms with Crippen molar-refractivity contribution >= 4 is 5.95 Å². The van der Waals surface area contributed by atoms with E-state index in [1.165, 1.54) is 16.7 Å². The molecule has 2 aromatic rings. The molecule has 1 N–H and O–H groups in total. The van der Waals surface area contributed by atoms with Crippen molar-refractivity contribution in [2.45, 2.75) is 59.9 Å². The lowest BCUT2D eigenvalue weighted by atomic mass is 9.99. The second kappa shape index (κ2) is 6.86. The Balaban J connectivity index is 2.28. The molecule has 0 aliphatic carbocycles. The molecule has 0 fully saturated rings. The first-order valence-corrected chi connectivity index (χ1v) is 7.97. The summed E-state index contributed by atoms with van der Waals surface area (Å²) in [4.78, 5) is 13.4. The van der Waals surface area contributed by atoms with E-state index in [0.717, 1.165) is 18.1 Å². The highest BCUT2D eigenvalue weighted by Gasteiger charge is 2.13. The number of benzene rings is 1. The lowest BCUT2D eigenvalue weighted by Gasteiger charge is -2.19. The molecule has 2 rings (SSSR count). The Labute approximate surface area is 133 Å². The zero-order valence-electron chi connectivity index (χ0n) is 14.4. The van der Waals surface area contributed by atoms with Crippen LogP contribution in [0.15, 0.2) is 18.2 Å². The monoisotopic (exact) mass is 298 g/mol. The van der Waals surface area contributed by atoms with Gasteiger partial charge in [-0.3, -0.25) is 0 Å². The van der Waals surface area contributed by atoms with Gasteiger partial charge in [0.2, 0.25) is 5.95 Å². The molecule has 0 saturated carbocycles. The summed E-state index contributed by atoms with van der Waals surface area (Å²) in [7, 11) is 0. The molecule has 1 atom stereocenters. The van der Waals surface area contributed by atoms with Gasteiger partial charge in [0.15, 0.2) is 0 Å². The minimum absolute atomic E-state index is 0.209. The highest BCUT2D eigenvalue weighted by Crippen LogP contribution is 2.23. The summed E-state index contributed by atoms with van der Waals surface area (Å²) < 4.78 is 0. The standard InChI is InChI=1S/C18H26N4/c1-7-16(15-9-8-12(4)13(5)10-15)21-18-20-14(6)19-17(22-18)11(2)3/h8-11,16H,7H2,1-6H3,(H,19,20,21,22). The quantitative estimate of drug-likeness (QED) is 0.884. The second-order valence-electron chi connectivity index (χ2n) is 6.17. The molecule has 0 spiro atoms. The summed E-state index contributed by atoms with van der Waals surface area (Å²) in [5.74, 6) is 2.56. The zero-order chi connectivity index (χ0) is 16.3.